The Balaban J connectivity index is 1.87. The highest BCUT2D eigenvalue weighted by atomic mass is 32.2. The number of rotatable bonds is 8. The number of benzene rings is 2. The molecule has 0 aromatic heterocycles. The smallest absolute Gasteiger partial charge is 0.316 e. The molecule has 0 heterocycles. The predicted molar refractivity (Wildman–Crippen MR) is 90.5 cm³/mol. The van der Waals surface area contributed by atoms with Gasteiger partial charge in [0.25, 0.3) is 0 Å². The molecule has 0 aliphatic heterocycles. The molecule has 0 fully saturated rings. The zero-order chi connectivity index (χ0) is 15.8. The van der Waals surface area contributed by atoms with E-state index in [2.05, 4.69) is 0 Å². The van der Waals surface area contributed by atoms with Crippen LogP contribution in [0.2, 0.25) is 0 Å². The van der Waals surface area contributed by atoms with E-state index in [1.807, 2.05) is 54.6 Å². The van der Waals surface area contributed by atoms with Gasteiger partial charge in [0.15, 0.2) is 0 Å². The zero-order valence-corrected chi connectivity index (χ0v) is 13.4. The van der Waals surface area contributed by atoms with Gasteiger partial charge < -0.3 is 9.84 Å². The number of thioether (sulfide) groups is 1. The number of carbonyl (C=O) groups is 1. The molecule has 3 nitrogen and oxygen atoms in total. The van der Waals surface area contributed by atoms with Crippen LogP contribution in [0.25, 0.3) is 0 Å². The fraction of sp³-hybridized carbons (Fsp3) is 0.278. The number of aliphatic carboxylic acids is 1. The molecule has 22 heavy (non-hydrogen) atoms. The van der Waals surface area contributed by atoms with Crippen LogP contribution < -0.4 is 4.74 Å². The number of carboxylic acids is 1. The Labute approximate surface area is 135 Å². The van der Waals surface area contributed by atoms with Gasteiger partial charge in [-0.25, -0.2) is 0 Å². The highest BCUT2D eigenvalue weighted by molar-refractivity contribution is 7.99. The molecule has 0 bridgehead atoms. The van der Waals surface area contributed by atoms with Crippen molar-refractivity contribution in [1.29, 1.82) is 0 Å². The molecule has 116 valence electrons. The van der Waals surface area contributed by atoms with E-state index >= 15 is 0 Å². The van der Waals surface area contributed by atoms with Crippen molar-refractivity contribution in [2.75, 3.05) is 7.11 Å². The van der Waals surface area contributed by atoms with Crippen LogP contribution in [0, 0.1) is 0 Å². The summed E-state index contributed by atoms with van der Waals surface area (Å²) in [6.07, 6.45) is 1.42. The second-order valence-electron chi connectivity index (χ2n) is 5.01. The molecule has 0 amide bonds. The summed E-state index contributed by atoms with van der Waals surface area (Å²) in [5.74, 6) is 0.762. The van der Waals surface area contributed by atoms with E-state index in [0.717, 1.165) is 17.7 Å². The lowest BCUT2D eigenvalue weighted by molar-refractivity contribution is -0.136. The summed E-state index contributed by atoms with van der Waals surface area (Å²) in [7, 11) is 1.63. The molecular formula is C18H20O3S. The average molecular weight is 316 g/mol. The van der Waals surface area contributed by atoms with Gasteiger partial charge >= 0.3 is 5.97 Å². The van der Waals surface area contributed by atoms with Crippen molar-refractivity contribution in [3.05, 3.63) is 65.7 Å². The lowest BCUT2D eigenvalue weighted by atomic mass is 10.1. The van der Waals surface area contributed by atoms with Crippen LogP contribution in [0.4, 0.5) is 0 Å². The van der Waals surface area contributed by atoms with Crippen molar-refractivity contribution >= 4 is 17.7 Å². The summed E-state index contributed by atoms with van der Waals surface area (Å²) in [5, 5.41) is 8.98. The maximum Gasteiger partial charge on any atom is 0.316 e. The molecule has 0 aliphatic carbocycles. The quantitative estimate of drug-likeness (QED) is 0.799. The third-order valence-corrected chi connectivity index (χ3v) is 4.76. The Morgan fingerprint density at radius 1 is 1.09 bits per heavy atom. The van der Waals surface area contributed by atoms with Crippen molar-refractivity contribution in [3.63, 3.8) is 0 Å². The van der Waals surface area contributed by atoms with Crippen LogP contribution in [0.5, 0.6) is 5.75 Å². The summed E-state index contributed by atoms with van der Waals surface area (Å²) < 4.78 is 5.12. The highest BCUT2D eigenvalue weighted by Crippen LogP contribution is 2.23. The first-order chi connectivity index (χ1) is 10.7. The predicted octanol–water partition coefficient (Wildman–Crippen LogP) is 4.01. The van der Waals surface area contributed by atoms with Gasteiger partial charge in [0, 0.05) is 5.75 Å². The van der Waals surface area contributed by atoms with Crippen LogP contribution in [0.3, 0.4) is 0 Å². The summed E-state index contributed by atoms with van der Waals surface area (Å²) >= 11 is 1.48. The molecule has 0 radical (unpaired) electrons. The molecule has 4 heteroatoms. The molecular weight excluding hydrogens is 296 g/mol. The van der Waals surface area contributed by atoms with E-state index in [-0.39, 0.29) is 5.25 Å². The molecule has 1 atom stereocenters. The van der Waals surface area contributed by atoms with E-state index in [0.29, 0.717) is 12.2 Å². The number of hydrogen-bond donors (Lipinski definition) is 1. The lowest BCUT2D eigenvalue weighted by Gasteiger charge is -2.12. The van der Waals surface area contributed by atoms with Gasteiger partial charge in [0.2, 0.25) is 0 Å². The first-order valence-electron chi connectivity index (χ1n) is 7.20. The van der Waals surface area contributed by atoms with Crippen molar-refractivity contribution in [2.24, 2.45) is 0 Å². The first kappa shape index (κ1) is 16.4. The summed E-state index contributed by atoms with van der Waals surface area (Å²) in [6, 6.07) is 17.7. The van der Waals surface area contributed by atoms with E-state index in [4.69, 9.17) is 4.74 Å². The molecule has 0 aliphatic rings. The van der Waals surface area contributed by atoms with Crippen LogP contribution in [0.15, 0.2) is 54.6 Å². The molecule has 0 unspecified atom stereocenters. The van der Waals surface area contributed by atoms with E-state index in [1.165, 1.54) is 17.3 Å². The number of hydrogen-bond acceptors (Lipinski definition) is 3. The van der Waals surface area contributed by atoms with Gasteiger partial charge in [-0.1, -0.05) is 42.5 Å². The Morgan fingerprint density at radius 3 is 2.36 bits per heavy atom. The Kier molecular flexibility index (Phi) is 6.34. The topological polar surface area (TPSA) is 46.5 Å². The van der Waals surface area contributed by atoms with Crippen molar-refractivity contribution in [2.45, 2.75) is 23.8 Å². The van der Waals surface area contributed by atoms with Crippen LogP contribution in [0.1, 0.15) is 17.5 Å². The van der Waals surface area contributed by atoms with Crippen molar-refractivity contribution in [1.82, 2.24) is 0 Å². The Morgan fingerprint density at radius 2 is 1.77 bits per heavy atom. The number of ether oxygens (including phenoxy) is 1. The molecule has 2 aromatic rings. The average Bonchev–Trinajstić information content (AvgIpc) is 2.56. The molecule has 0 saturated carbocycles. The van der Waals surface area contributed by atoms with Gasteiger partial charge in [-0.05, 0) is 36.1 Å². The second kappa shape index (κ2) is 8.49. The Bertz CT molecular complexity index is 581. The Hall–Kier alpha value is -1.94. The molecule has 0 spiro atoms. The molecule has 1 N–H and O–H groups in total. The van der Waals surface area contributed by atoms with Crippen LogP contribution in [-0.2, 0) is 17.0 Å². The van der Waals surface area contributed by atoms with E-state index < -0.39 is 5.97 Å². The number of carboxylic acid groups (broad SMARTS) is 1. The number of aryl methyl sites for hydroxylation is 1. The van der Waals surface area contributed by atoms with Crippen LogP contribution >= 0.6 is 11.8 Å². The zero-order valence-electron chi connectivity index (χ0n) is 12.6. The molecule has 0 saturated heterocycles. The van der Waals surface area contributed by atoms with Crippen LogP contribution in [-0.4, -0.2) is 23.4 Å². The first-order valence-corrected chi connectivity index (χ1v) is 8.25. The SMILES string of the molecule is COc1ccc(CS[C@H](CCc2ccccc2)C(=O)O)cc1. The minimum Gasteiger partial charge on any atom is -0.497 e. The lowest BCUT2D eigenvalue weighted by Crippen LogP contribution is -2.17. The standard InChI is InChI=1S/C18H20O3S/c1-21-16-10-7-15(8-11-16)13-22-17(18(19)20)12-9-14-5-3-2-4-6-14/h2-8,10-11,17H,9,12-13H2,1H3,(H,19,20)/t17-/m1/s1. The summed E-state index contributed by atoms with van der Waals surface area (Å²) in [6.45, 7) is 0. The second-order valence-corrected chi connectivity index (χ2v) is 6.20. The summed E-state index contributed by atoms with van der Waals surface area (Å²) in [5.41, 5.74) is 2.29. The minimum absolute atomic E-state index is 0.387. The van der Waals surface area contributed by atoms with E-state index in [1.54, 1.807) is 7.11 Å². The van der Waals surface area contributed by atoms with Crippen molar-refractivity contribution in [3.8, 4) is 5.75 Å². The van der Waals surface area contributed by atoms with Gasteiger partial charge in [0.05, 0.1) is 7.11 Å². The van der Waals surface area contributed by atoms with Gasteiger partial charge in [-0.15, -0.1) is 11.8 Å². The fourth-order valence-corrected chi connectivity index (χ4v) is 3.15. The fourth-order valence-electron chi connectivity index (χ4n) is 2.14. The maximum absolute atomic E-state index is 11.4. The molecule has 2 aromatic carbocycles. The monoisotopic (exact) mass is 316 g/mol. The largest absolute Gasteiger partial charge is 0.497 e. The minimum atomic E-state index is -0.741. The number of methoxy groups -OCH3 is 1. The van der Waals surface area contributed by atoms with Gasteiger partial charge in [-0.3, -0.25) is 4.79 Å². The normalized spacial score (nSPS) is 11.9. The summed E-state index contributed by atoms with van der Waals surface area (Å²) in [4.78, 5) is 11.4. The van der Waals surface area contributed by atoms with Crippen molar-refractivity contribution < 1.29 is 14.6 Å². The van der Waals surface area contributed by atoms with Gasteiger partial charge in [-0.2, -0.15) is 0 Å². The molecule has 2 rings (SSSR count). The third-order valence-electron chi connectivity index (χ3n) is 3.42. The van der Waals surface area contributed by atoms with E-state index in [9.17, 15) is 9.90 Å². The third kappa shape index (κ3) is 5.11. The van der Waals surface area contributed by atoms with Gasteiger partial charge in [0.1, 0.15) is 11.0 Å². The maximum atomic E-state index is 11.4. The highest BCUT2D eigenvalue weighted by Gasteiger charge is 2.17.